The summed E-state index contributed by atoms with van der Waals surface area (Å²) in [5.74, 6) is 0.981. The van der Waals surface area contributed by atoms with E-state index in [0.29, 0.717) is 0 Å². The van der Waals surface area contributed by atoms with Crippen molar-refractivity contribution < 1.29 is 0 Å². The molecular formula is C14H25N5. The summed E-state index contributed by atoms with van der Waals surface area (Å²) in [6, 6.07) is 0.860. The van der Waals surface area contributed by atoms with Crippen LogP contribution in [-0.2, 0) is 13.1 Å². The van der Waals surface area contributed by atoms with Crippen molar-refractivity contribution in [2.24, 2.45) is 5.92 Å². The molecule has 2 heterocycles. The van der Waals surface area contributed by atoms with E-state index >= 15 is 0 Å². The minimum Gasteiger partial charge on any atom is -0.311 e. The Balaban J connectivity index is 1.43. The van der Waals surface area contributed by atoms with E-state index in [0.717, 1.165) is 50.3 Å². The van der Waals surface area contributed by atoms with Gasteiger partial charge in [-0.1, -0.05) is 12.1 Å². The van der Waals surface area contributed by atoms with Crippen LogP contribution >= 0.6 is 0 Å². The number of likely N-dealkylation sites (tertiary alicyclic amines) is 1. The van der Waals surface area contributed by atoms with Crippen molar-refractivity contribution >= 4 is 0 Å². The van der Waals surface area contributed by atoms with Crippen LogP contribution in [0.3, 0.4) is 0 Å². The minimum atomic E-state index is 0.836. The molecule has 0 amide bonds. The molecule has 1 N–H and O–H groups in total. The quantitative estimate of drug-likeness (QED) is 0.752. The number of hydrogen-bond donors (Lipinski definition) is 1. The van der Waals surface area contributed by atoms with Gasteiger partial charge in [0.25, 0.3) is 0 Å². The summed E-state index contributed by atoms with van der Waals surface area (Å²) in [6.07, 6.45) is 7.54. The van der Waals surface area contributed by atoms with Crippen molar-refractivity contribution in [3.8, 4) is 0 Å². The van der Waals surface area contributed by atoms with E-state index in [1.165, 1.54) is 25.8 Å². The molecule has 1 saturated heterocycles. The van der Waals surface area contributed by atoms with E-state index in [9.17, 15) is 0 Å². The second-order valence-corrected chi connectivity index (χ2v) is 5.98. The number of hydrogen-bond acceptors (Lipinski definition) is 4. The first-order valence-corrected chi connectivity index (χ1v) is 7.69. The summed E-state index contributed by atoms with van der Waals surface area (Å²) in [5.41, 5.74) is 1.05. The van der Waals surface area contributed by atoms with Crippen molar-refractivity contribution in [2.45, 2.75) is 51.7 Å². The molecule has 2 aliphatic rings. The van der Waals surface area contributed by atoms with Crippen molar-refractivity contribution in [1.82, 2.24) is 25.2 Å². The van der Waals surface area contributed by atoms with Crippen molar-refractivity contribution in [3.05, 3.63) is 11.9 Å². The lowest BCUT2D eigenvalue weighted by atomic mass is 10.1. The molecule has 2 bridgehead atoms. The zero-order valence-corrected chi connectivity index (χ0v) is 11.9. The fourth-order valence-electron chi connectivity index (χ4n) is 3.45. The van der Waals surface area contributed by atoms with Crippen LogP contribution in [0.1, 0.15) is 38.3 Å². The van der Waals surface area contributed by atoms with Gasteiger partial charge < -0.3 is 5.32 Å². The molecule has 1 saturated carbocycles. The molecule has 1 aliphatic carbocycles. The third-order valence-electron chi connectivity index (χ3n) is 4.46. The number of aromatic nitrogens is 3. The lowest BCUT2D eigenvalue weighted by Crippen LogP contribution is -2.34. The maximum atomic E-state index is 4.22. The summed E-state index contributed by atoms with van der Waals surface area (Å²) in [5, 5.41) is 11.8. The molecule has 106 valence electrons. The molecule has 0 radical (unpaired) electrons. The second-order valence-electron chi connectivity index (χ2n) is 5.98. The number of nitrogens with one attached hydrogen (secondary N) is 1. The third kappa shape index (κ3) is 3.15. The first-order chi connectivity index (χ1) is 9.35. The zero-order chi connectivity index (χ0) is 13.1. The predicted octanol–water partition coefficient (Wildman–Crippen LogP) is 1.26. The van der Waals surface area contributed by atoms with E-state index in [1.807, 2.05) is 4.68 Å². The van der Waals surface area contributed by atoms with Gasteiger partial charge in [-0.05, 0) is 38.1 Å². The maximum Gasteiger partial charge on any atom is 0.0964 e. The Morgan fingerprint density at radius 2 is 2.32 bits per heavy atom. The van der Waals surface area contributed by atoms with Crippen LogP contribution < -0.4 is 5.32 Å². The fraction of sp³-hybridized carbons (Fsp3) is 0.857. The van der Waals surface area contributed by atoms with Crippen molar-refractivity contribution in [3.63, 3.8) is 0 Å². The van der Waals surface area contributed by atoms with Gasteiger partial charge in [-0.15, -0.1) is 5.10 Å². The van der Waals surface area contributed by atoms with Crippen LogP contribution in [0.15, 0.2) is 6.20 Å². The van der Waals surface area contributed by atoms with Gasteiger partial charge in [0.1, 0.15) is 0 Å². The number of rotatable bonds is 7. The first kappa shape index (κ1) is 13.1. The summed E-state index contributed by atoms with van der Waals surface area (Å²) in [4.78, 5) is 2.64. The monoisotopic (exact) mass is 263 g/mol. The Bertz CT molecular complexity index is 402. The highest BCUT2D eigenvalue weighted by Crippen LogP contribution is 2.36. The minimum absolute atomic E-state index is 0.836. The van der Waals surface area contributed by atoms with Gasteiger partial charge in [-0.25, -0.2) is 0 Å². The van der Waals surface area contributed by atoms with Crippen LogP contribution in [0.25, 0.3) is 0 Å². The van der Waals surface area contributed by atoms with Gasteiger partial charge in [-0.2, -0.15) is 0 Å². The van der Waals surface area contributed by atoms with Gasteiger partial charge in [-0.3, -0.25) is 9.58 Å². The van der Waals surface area contributed by atoms with E-state index in [4.69, 9.17) is 0 Å². The maximum absolute atomic E-state index is 4.22. The topological polar surface area (TPSA) is 46.0 Å². The first-order valence-electron chi connectivity index (χ1n) is 7.69. The van der Waals surface area contributed by atoms with Crippen molar-refractivity contribution in [2.75, 3.05) is 19.6 Å². The van der Waals surface area contributed by atoms with E-state index in [-0.39, 0.29) is 0 Å². The van der Waals surface area contributed by atoms with Crippen molar-refractivity contribution in [1.29, 1.82) is 0 Å². The molecular weight excluding hydrogens is 238 g/mol. The molecule has 0 spiro atoms. The molecule has 19 heavy (non-hydrogen) atoms. The lowest BCUT2D eigenvalue weighted by Gasteiger charge is -2.26. The van der Waals surface area contributed by atoms with Crippen LogP contribution in [-0.4, -0.2) is 45.6 Å². The largest absolute Gasteiger partial charge is 0.311 e. The van der Waals surface area contributed by atoms with E-state index in [1.54, 1.807) is 0 Å². The van der Waals surface area contributed by atoms with Crippen LogP contribution in [0, 0.1) is 5.92 Å². The highest BCUT2D eigenvalue weighted by molar-refractivity contribution is 4.93. The Hall–Kier alpha value is -0.940. The van der Waals surface area contributed by atoms with Gasteiger partial charge >= 0.3 is 0 Å². The zero-order valence-electron chi connectivity index (χ0n) is 11.9. The van der Waals surface area contributed by atoms with Gasteiger partial charge in [0.05, 0.1) is 12.2 Å². The average Bonchev–Trinajstić information content (AvgIpc) is 3.13. The molecule has 1 aromatic rings. The van der Waals surface area contributed by atoms with Gasteiger partial charge in [0.2, 0.25) is 0 Å². The molecule has 2 fully saturated rings. The van der Waals surface area contributed by atoms with Crippen LogP contribution in [0.4, 0.5) is 0 Å². The Kier molecular flexibility index (Phi) is 4.13. The average molecular weight is 263 g/mol. The SMILES string of the molecule is CCCNCc1cn(CCN2CC3CCC2C3)nn1. The molecule has 1 aliphatic heterocycles. The second kappa shape index (κ2) is 6.01. The predicted molar refractivity (Wildman–Crippen MR) is 74.7 cm³/mol. The highest BCUT2D eigenvalue weighted by Gasteiger charge is 2.37. The molecule has 2 atom stereocenters. The van der Waals surface area contributed by atoms with Crippen LogP contribution in [0.2, 0.25) is 0 Å². The number of fused-ring (bicyclic) bond motifs is 2. The van der Waals surface area contributed by atoms with Gasteiger partial charge in [0.15, 0.2) is 0 Å². The van der Waals surface area contributed by atoms with E-state index < -0.39 is 0 Å². The summed E-state index contributed by atoms with van der Waals surface area (Å²) in [7, 11) is 0. The third-order valence-corrected chi connectivity index (χ3v) is 4.46. The van der Waals surface area contributed by atoms with Crippen LogP contribution in [0.5, 0.6) is 0 Å². The summed E-state index contributed by atoms with van der Waals surface area (Å²) in [6.45, 7) is 7.47. The Morgan fingerprint density at radius 3 is 3.05 bits per heavy atom. The smallest absolute Gasteiger partial charge is 0.0964 e. The highest BCUT2D eigenvalue weighted by atomic mass is 15.4. The molecule has 0 aromatic carbocycles. The molecule has 5 heteroatoms. The fourth-order valence-corrected chi connectivity index (χ4v) is 3.45. The molecule has 5 nitrogen and oxygen atoms in total. The molecule has 1 aromatic heterocycles. The molecule has 3 rings (SSSR count). The number of nitrogens with zero attached hydrogens (tertiary/aromatic N) is 4. The summed E-state index contributed by atoms with van der Waals surface area (Å²) >= 11 is 0. The normalized spacial score (nSPS) is 26.4. The standard InChI is InChI=1S/C14H25N5/c1-2-5-15-9-13-11-19(17-16-13)7-6-18-10-12-3-4-14(18)8-12/h11-12,14-15H,2-10H2,1H3. The van der Waals surface area contributed by atoms with Gasteiger partial charge in [0, 0.05) is 31.9 Å². The van der Waals surface area contributed by atoms with E-state index in [2.05, 4.69) is 33.6 Å². The molecule has 2 unspecified atom stereocenters. The number of piperidine rings is 1. The Labute approximate surface area is 115 Å². The Morgan fingerprint density at radius 1 is 1.37 bits per heavy atom. The lowest BCUT2D eigenvalue weighted by molar-refractivity contribution is 0.203. The summed E-state index contributed by atoms with van der Waals surface area (Å²) < 4.78 is 1.99.